The highest BCUT2D eigenvalue weighted by Gasteiger charge is 2.49. The Hall–Kier alpha value is -1.30. The largest absolute Gasteiger partial charge is 0.480 e. The average Bonchev–Trinajstić information content (AvgIpc) is 2.27. The highest BCUT2D eigenvalue weighted by Crippen LogP contribution is 2.42. The fraction of sp³-hybridized carbons (Fsp3) is 0.846. The number of urea groups is 1. The third-order valence-electron chi connectivity index (χ3n) is 3.81. The van der Waals surface area contributed by atoms with Crippen LogP contribution < -0.4 is 10.6 Å². The summed E-state index contributed by atoms with van der Waals surface area (Å²) in [5, 5.41) is 14.2. The monoisotopic (exact) mass is 272 g/mol. The zero-order chi connectivity index (χ0) is 14.8. The lowest BCUT2D eigenvalue weighted by molar-refractivity contribution is -0.143. The summed E-state index contributed by atoms with van der Waals surface area (Å²) in [6.45, 7) is 9.56. The lowest BCUT2D eigenvalue weighted by Crippen LogP contribution is -2.65. The van der Waals surface area contributed by atoms with Crippen LogP contribution in [0.1, 0.15) is 41.0 Å². The molecule has 3 N–H and O–H groups in total. The van der Waals surface area contributed by atoms with Gasteiger partial charge in [-0.25, -0.2) is 9.59 Å². The predicted octanol–water partition coefficient (Wildman–Crippen LogP) is 1.35. The number of carbonyl (C=O) groups excluding carboxylic acids is 1. The molecule has 0 spiro atoms. The summed E-state index contributed by atoms with van der Waals surface area (Å²) in [4.78, 5) is 22.7. The minimum absolute atomic E-state index is 0.00588. The van der Waals surface area contributed by atoms with Gasteiger partial charge < -0.3 is 20.5 Å². The SMILES string of the molecule is CCOC1CC(NC(=O)NC(C)(C)C(=O)O)C1(C)C. The summed E-state index contributed by atoms with van der Waals surface area (Å²) >= 11 is 0. The van der Waals surface area contributed by atoms with Crippen LogP contribution >= 0.6 is 0 Å². The summed E-state index contributed by atoms with van der Waals surface area (Å²) in [6, 6.07) is -0.464. The molecule has 2 atom stereocenters. The van der Waals surface area contributed by atoms with Crippen molar-refractivity contribution in [3.8, 4) is 0 Å². The minimum atomic E-state index is -1.28. The van der Waals surface area contributed by atoms with Crippen molar-refractivity contribution >= 4 is 12.0 Å². The Balaban J connectivity index is 2.50. The van der Waals surface area contributed by atoms with E-state index in [1.54, 1.807) is 0 Å². The number of hydrogen-bond donors (Lipinski definition) is 3. The number of hydrogen-bond acceptors (Lipinski definition) is 3. The molecule has 0 aromatic heterocycles. The van der Waals surface area contributed by atoms with Gasteiger partial charge in [0.25, 0.3) is 0 Å². The smallest absolute Gasteiger partial charge is 0.328 e. The Morgan fingerprint density at radius 2 is 2.00 bits per heavy atom. The molecule has 0 aromatic carbocycles. The zero-order valence-electron chi connectivity index (χ0n) is 12.2. The molecule has 1 aliphatic rings. The van der Waals surface area contributed by atoms with Gasteiger partial charge in [-0.1, -0.05) is 13.8 Å². The van der Waals surface area contributed by atoms with Gasteiger partial charge in [0, 0.05) is 18.1 Å². The Morgan fingerprint density at radius 1 is 1.42 bits per heavy atom. The molecule has 2 amide bonds. The van der Waals surface area contributed by atoms with Crippen molar-refractivity contribution in [2.75, 3.05) is 6.61 Å². The molecule has 0 aromatic rings. The van der Waals surface area contributed by atoms with Crippen LogP contribution in [0.2, 0.25) is 0 Å². The first-order chi connectivity index (χ1) is 8.61. The molecule has 2 unspecified atom stereocenters. The summed E-state index contributed by atoms with van der Waals surface area (Å²) in [6.07, 6.45) is 0.886. The van der Waals surface area contributed by atoms with E-state index in [1.807, 2.05) is 20.8 Å². The van der Waals surface area contributed by atoms with Gasteiger partial charge in [-0.05, 0) is 27.2 Å². The number of ether oxygens (including phenoxy) is 1. The zero-order valence-corrected chi connectivity index (χ0v) is 12.2. The second kappa shape index (κ2) is 5.36. The summed E-state index contributed by atoms with van der Waals surface area (Å²) in [5.41, 5.74) is -1.42. The van der Waals surface area contributed by atoms with Crippen LogP contribution in [0.5, 0.6) is 0 Å². The number of aliphatic carboxylic acids is 1. The number of carboxylic acid groups (broad SMARTS) is 1. The molecule has 19 heavy (non-hydrogen) atoms. The maximum absolute atomic E-state index is 11.8. The molecule has 0 bridgehead atoms. The van der Waals surface area contributed by atoms with Gasteiger partial charge in [0.2, 0.25) is 0 Å². The van der Waals surface area contributed by atoms with Crippen LogP contribution in [0.3, 0.4) is 0 Å². The fourth-order valence-corrected chi connectivity index (χ4v) is 2.15. The molecule has 1 aliphatic carbocycles. The van der Waals surface area contributed by atoms with E-state index in [0.717, 1.165) is 6.42 Å². The molecule has 1 rings (SSSR count). The van der Waals surface area contributed by atoms with E-state index in [9.17, 15) is 9.59 Å². The number of rotatable bonds is 5. The van der Waals surface area contributed by atoms with Gasteiger partial charge in [-0.15, -0.1) is 0 Å². The maximum atomic E-state index is 11.8. The molecule has 1 saturated carbocycles. The van der Waals surface area contributed by atoms with Gasteiger partial charge in [0.1, 0.15) is 5.54 Å². The highest BCUT2D eigenvalue weighted by molar-refractivity contribution is 5.85. The summed E-state index contributed by atoms with van der Waals surface area (Å²) in [5.74, 6) is -1.07. The first-order valence-corrected chi connectivity index (χ1v) is 6.55. The van der Waals surface area contributed by atoms with E-state index >= 15 is 0 Å². The second-order valence-electron chi connectivity index (χ2n) is 6.08. The quantitative estimate of drug-likeness (QED) is 0.705. The molecule has 110 valence electrons. The van der Waals surface area contributed by atoms with E-state index < -0.39 is 17.5 Å². The molecular weight excluding hydrogens is 248 g/mol. The molecule has 6 nitrogen and oxygen atoms in total. The molecule has 0 radical (unpaired) electrons. The Morgan fingerprint density at radius 3 is 2.42 bits per heavy atom. The van der Waals surface area contributed by atoms with Crippen LogP contribution in [0.4, 0.5) is 4.79 Å². The van der Waals surface area contributed by atoms with E-state index in [4.69, 9.17) is 9.84 Å². The lowest BCUT2D eigenvalue weighted by atomic mass is 9.64. The van der Waals surface area contributed by atoms with Crippen LogP contribution in [-0.4, -0.2) is 41.4 Å². The van der Waals surface area contributed by atoms with Crippen molar-refractivity contribution in [2.45, 2.75) is 58.7 Å². The van der Waals surface area contributed by atoms with Crippen LogP contribution in [0.15, 0.2) is 0 Å². The second-order valence-corrected chi connectivity index (χ2v) is 6.08. The van der Waals surface area contributed by atoms with Crippen molar-refractivity contribution in [3.05, 3.63) is 0 Å². The number of amides is 2. The van der Waals surface area contributed by atoms with E-state index in [0.29, 0.717) is 6.61 Å². The maximum Gasteiger partial charge on any atom is 0.328 e. The van der Waals surface area contributed by atoms with Crippen molar-refractivity contribution in [3.63, 3.8) is 0 Å². The van der Waals surface area contributed by atoms with Gasteiger partial charge >= 0.3 is 12.0 Å². The standard InChI is InChI=1S/C13H24N2O4/c1-6-19-9-7-8(12(9,2)3)14-11(18)15-13(4,5)10(16)17/h8-9H,6-7H2,1-5H3,(H,16,17)(H2,14,15,18). The molecule has 0 aliphatic heterocycles. The van der Waals surface area contributed by atoms with Crippen molar-refractivity contribution in [1.29, 1.82) is 0 Å². The topological polar surface area (TPSA) is 87.7 Å². The van der Waals surface area contributed by atoms with Crippen molar-refractivity contribution < 1.29 is 19.4 Å². The number of carbonyl (C=O) groups is 2. The predicted molar refractivity (Wildman–Crippen MR) is 71.0 cm³/mol. The minimum Gasteiger partial charge on any atom is -0.480 e. The highest BCUT2D eigenvalue weighted by atomic mass is 16.5. The third kappa shape index (κ3) is 3.37. The van der Waals surface area contributed by atoms with Crippen LogP contribution in [0, 0.1) is 5.41 Å². The van der Waals surface area contributed by atoms with Gasteiger partial charge in [0.15, 0.2) is 0 Å². The molecular formula is C13H24N2O4. The Kier molecular flexibility index (Phi) is 4.45. The number of nitrogens with one attached hydrogen (secondary N) is 2. The number of carboxylic acids is 1. The van der Waals surface area contributed by atoms with E-state index in [2.05, 4.69) is 10.6 Å². The van der Waals surface area contributed by atoms with E-state index in [-0.39, 0.29) is 17.6 Å². The Labute approximate surface area is 113 Å². The van der Waals surface area contributed by atoms with E-state index in [1.165, 1.54) is 13.8 Å². The third-order valence-corrected chi connectivity index (χ3v) is 3.81. The van der Waals surface area contributed by atoms with Gasteiger partial charge in [-0.3, -0.25) is 0 Å². The first-order valence-electron chi connectivity index (χ1n) is 6.55. The first kappa shape index (κ1) is 15.8. The average molecular weight is 272 g/mol. The van der Waals surface area contributed by atoms with Crippen molar-refractivity contribution in [2.24, 2.45) is 5.41 Å². The normalized spacial score (nSPS) is 25.3. The molecule has 1 fully saturated rings. The summed E-state index contributed by atoms with van der Waals surface area (Å²) < 4.78 is 5.58. The molecule has 6 heteroatoms. The molecule has 0 heterocycles. The molecule has 0 saturated heterocycles. The lowest BCUT2D eigenvalue weighted by Gasteiger charge is -2.51. The van der Waals surface area contributed by atoms with Gasteiger partial charge in [-0.2, -0.15) is 0 Å². The summed E-state index contributed by atoms with van der Waals surface area (Å²) in [7, 11) is 0. The van der Waals surface area contributed by atoms with Crippen molar-refractivity contribution in [1.82, 2.24) is 10.6 Å². The van der Waals surface area contributed by atoms with Crippen LogP contribution in [0.25, 0.3) is 0 Å². The van der Waals surface area contributed by atoms with Gasteiger partial charge in [0.05, 0.1) is 6.10 Å². The van der Waals surface area contributed by atoms with Crippen LogP contribution in [-0.2, 0) is 9.53 Å². The Bertz CT molecular complexity index is 366. The fourth-order valence-electron chi connectivity index (χ4n) is 2.15.